The minimum Gasteiger partial charge on any atom is -0.330 e. The number of likely N-dealkylation sites (tertiary alicyclic amines) is 1. The van der Waals surface area contributed by atoms with E-state index in [0.717, 1.165) is 74.1 Å². The lowest BCUT2D eigenvalue weighted by Crippen LogP contribution is -2.56. The minimum atomic E-state index is -0.301. The van der Waals surface area contributed by atoms with E-state index in [4.69, 9.17) is 0 Å². The summed E-state index contributed by atoms with van der Waals surface area (Å²) >= 11 is 0. The van der Waals surface area contributed by atoms with Gasteiger partial charge in [-0.15, -0.1) is 0 Å². The summed E-state index contributed by atoms with van der Waals surface area (Å²) in [5.41, 5.74) is 1.88. The Labute approximate surface area is 168 Å². The fourth-order valence-corrected chi connectivity index (χ4v) is 7.13. The van der Waals surface area contributed by atoms with Gasteiger partial charge in [0.2, 0.25) is 11.8 Å². The maximum atomic E-state index is 13.7. The van der Waals surface area contributed by atoms with Crippen LogP contribution >= 0.6 is 0 Å². The standard InChI is InChI=1S/C24H32N2O2/c1-2-19-6-3-4-7-20(19)25-22(27)21-8-5-9-26(21)23(28)24-13-16-10-17(14-24)12-18(11-16)15-24/h3-4,6-7,16-18,21H,2,5,8-15H2,1H3,(H,25,27). The average molecular weight is 381 g/mol. The molecule has 1 aromatic rings. The Morgan fingerprint density at radius 3 is 2.36 bits per heavy atom. The predicted molar refractivity (Wildman–Crippen MR) is 110 cm³/mol. The smallest absolute Gasteiger partial charge is 0.247 e. The Morgan fingerprint density at radius 2 is 1.71 bits per heavy atom. The Hall–Kier alpha value is -1.84. The van der Waals surface area contributed by atoms with E-state index in [1.807, 2.05) is 23.1 Å². The van der Waals surface area contributed by atoms with E-state index in [0.29, 0.717) is 5.91 Å². The van der Waals surface area contributed by atoms with Crippen molar-refractivity contribution in [2.24, 2.45) is 23.2 Å². The van der Waals surface area contributed by atoms with Gasteiger partial charge in [0.05, 0.1) is 5.41 Å². The molecule has 2 amide bonds. The zero-order chi connectivity index (χ0) is 19.3. The van der Waals surface area contributed by atoms with Gasteiger partial charge in [-0.05, 0) is 87.2 Å². The van der Waals surface area contributed by atoms with E-state index in [1.54, 1.807) is 0 Å². The summed E-state index contributed by atoms with van der Waals surface area (Å²) in [5, 5.41) is 3.13. The van der Waals surface area contributed by atoms with Crippen molar-refractivity contribution in [1.82, 2.24) is 4.90 Å². The highest BCUT2D eigenvalue weighted by molar-refractivity contribution is 5.98. The molecule has 0 aromatic heterocycles. The van der Waals surface area contributed by atoms with Gasteiger partial charge in [-0.25, -0.2) is 0 Å². The molecule has 6 rings (SSSR count). The monoisotopic (exact) mass is 380 g/mol. The second kappa shape index (κ2) is 6.89. The minimum absolute atomic E-state index is 0.00326. The zero-order valence-electron chi connectivity index (χ0n) is 17.0. The fraction of sp³-hybridized carbons (Fsp3) is 0.667. The van der Waals surface area contributed by atoms with Crippen LogP contribution < -0.4 is 5.32 Å². The summed E-state index contributed by atoms with van der Waals surface area (Å²) in [6.07, 6.45) is 9.84. The van der Waals surface area contributed by atoms with Gasteiger partial charge < -0.3 is 10.2 Å². The van der Waals surface area contributed by atoms with Gasteiger partial charge in [-0.3, -0.25) is 9.59 Å². The summed E-state index contributed by atoms with van der Waals surface area (Å²) < 4.78 is 0. The first-order chi connectivity index (χ1) is 13.6. The van der Waals surface area contributed by atoms with Crippen LogP contribution in [0, 0.1) is 23.2 Å². The molecule has 1 unspecified atom stereocenters. The third-order valence-corrected chi connectivity index (χ3v) is 7.96. The van der Waals surface area contributed by atoms with E-state index < -0.39 is 0 Å². The molecule has 1 heterocycles. The molecule has 1 aromatic carbocycles. The molecule has 4 bridgehead atoms. The summed E-state index contributed by atoms with van der Waals surface area (Å²) in [6, 6.07) is 7.69. The van der Waals surface area contributed by atoms with Crippen LogP contribution in [0.1, 0.15) is 63.9 Å². The second-order valence-electron chi connectivity index (χ2n) is 9.85. The first-order valence-corrected chi connectivity index (χ1v) is 11.3. The number of carbonyl (C=O) groups is 2. The van der Waals surface area contributed by atoms with Crippen LogP contribution in [0.4, 0.5) is 5.69 Å². The Balaban J connectivity index is 1.34. The van der Waals surface area contributed by atoms with Crippen molar-refractivity contribution in [2.75, 3.05) is 11.9 Å². The highest BCUT2D eigenvalue weighted by Crippen LogP contribution is 2.60. The van der Waals surface area contributed by atoms with Crippen molar-refractivity contribution in [1.29, 1.82) is 0 Å². The number of anilines is 1. The Morgan fingerprint density at radius 1 is 1.07 bits per heavy atom. The molecule has 4 saturated carbocycles. The van der Waals surface area contributed by atoms with Crippen LogP contribution in [0.25, 0.3) is 0 Å². The van der Waals surface area contributed by atoms with Crippen molar-refractivity contribution >= 4 is 17.5 Å². The van der Waals surface area contributed by atoms with E-state index >= 15 is 0 Å². The van der Waals surface area contributed by atoms with Crippen molar-refractivity contribution in [3.63, 3.8) is 0 Å². The van der Waals surface area contributed by atoms with Crippen molar-refractivity contribution in [3.05, 3.63) is 29.8 Å². The quantitative estimate of drug-likeness (QED) is 0.842. The number of rotatable bonds is 4. The Kier molecular flexibility index (Phi) is 4.48. The Bertz CT molecular complexity index is 751. The number of carbonyl (C=O) groups excluding carboxylic acids is 2. The van der Waals surface area contributed by atoms with Gasteiger partial charge in [-0.1, -0.05) is 25.1 Å². The van der Waals surface area contributed by atoms with E-state index in [2.05, 4.69) is 18.3 Å². The third-order valence-electron chi connectivity index (χ3n) is 7.96. The van der Waals surface area contributed by atoms with Crippen molar-refractivity contribution < 1.29 is 9.59 Å². The van der Waals surface area contributed by atoms with Crippen molar-refractivity contribution in [2.45, 2.75) is 70.8 Å². The number of para-hydroxylation sites is 1. The van der Waals surface area contributed by atoms with E-state index in [1.165, 1.54) is 19.3 Å². The molecule has 1 atom stereocenters. The number of aryl methyl sites for hydroxylation is 1. The number of nitrogens with zero attached hydrogens (tertiary/aromatic N) is 1. The third kappa shape index (κ3) is 2.96. The van der Waals surface area contributed by atoms with Crippen LogP contribution in [-0.2, 0) is 16.0 Å². The van der Waals surface area contributed by atoms with Crippen LogP contribution in [-0.4, -0.2) is 29.3 Å². The molecule has 4 nitrogen and oxygen atoms in total. The van der Waals surface area contributed by atoms with E-state index in [-0.39, 0.29) is 17.4 Å². The fourth-order valence-electron chi connectivity index (χ4n) is 7.13. The number of benzene rings is 1. The first-order valence-electron chi connectivity index (χ1n) is 11.3. The van der Waals surface area contributed by atoms with Gasteiger partial charge in [-0.2, -0.15) is 0 Å². The molecule has 1 saturated heterocycles. The van der Waals surface area contributed by atoms with Crippen LogP contribution in [0.15, 0.2) is 24.3 Å². The summed E-state index contributed by atoms with van der Waals surface area (Å²) in [5.74, 6) is 2.55. The molecule has 0 radical (unpaired) electrons. The molecule has 1 aliphatic heterocycles. The zero-order valence-corrected chi connectivity index (χ0v) is 17.0. The molecule has 150 valence electrons. The van der Waals surface area contributed by atoms with Crippen molar-refractivity contribution in [3.8, 4) is 0 Å². The second-order valence-corrected chi connectivity index (χ2v) is 9.85. The first kappa shape index (κ1) is 18.2. The normalized spacial score (nSPS) is 36.0. The molecule has 5 aliphatic rings. The van der Waals surface area contributed by atoms with Crippen LogP contribution in [0.5, 0.6) is 0 Å². The van der Waals surface area contributed by atoms with Gasteiger partial charge in [0, 0.05) is 12.2 Å². The molecular formula is C24H32N2O2. The lowest BCUT2D eigenvalue weighted by atomic mass is 9.49. The topological polar surface area (TPSA) is 49.4 Å². The summed E-state index contributed by atoms with van der Waals surface area (Å²) in [6.45, 7) is 2.84. The number of amides is 2. The number of nitrogens with one attached hydrogen (secondary N) is 1. The van der Waals surface area contributed by atoms with Crippen LogP contribution in [0.2, 0.25) is 0 Å². The SMILES string of the molecule is CCc1ccccc1NC(=O)C1CCCN1C(=O)C12CC3CC(CC(C3)C1)C2. The maximum Gasteiger partial charge on any atom is 0.247 e. The molecule has 0 spiro atoms. The molecule has 4 heteroatoms. The lowest BCUT2D eigenvalue weighted by Gasteiger charge is -2.56. The highest BCUT2D eigenvalue weighted by Gasteiger charge is 2.56. The van der Waals surface area contributed by atoms with Gasteiger partial charge >= 0.3 is 0 Å². The molecule has 5 fully saturated rings. The lowest BCUT2D eigenvalue weighted by molar-refractivity contribution is -0.160. The number of hydrogen-bond donors (Lipinski definition) is 1. The molecule has 28 heavy (non-hydrogen) atoms. The maximum absolute atomic E-state index is 13.7. The molecular weight excluding hydrogens is 348 g/mol. The largest absolute Gasteiger partial charge is 0.330 e. The number of hydrogen-bond acceptors (Lipinski definition) is 2. The molecule has 4 aliphatic carbocycles. The van der Waals surface area contributed by atoms with Gasteiger partial charge in [0.25, 0.3) is 0 Å². The highest BCUT2D eigenvalue weighted by atomic mass is 16.2. The summed E-state index contributed by atoms with van der Waals surface area (Å²) in [7, 11) is 0. The van der Waals surface area contributed by atoms with Gasteiger partial charge in [0.15, 0.2) is 0 Å². The van der Waals surface area contributed by atoms with E-state index in [9.17, 15) is 9.59 Å². The van der Waals surface area contributed by atoms with Crippen LogP contribution in [0.3, 0.4) is 0 Å². The predicted octanol–water partition coefficient (Wildman–Crippen LogP) is 4.39. The van der Waals surface area contributed by atoms with Gasteiger partial charge in [0.1, 0.15) is 6.04 Å². The molecule has 1 N–H and O–H groups in total. The summed E-state index contributed by atoms with van der Waals surface area (Å²) in [4.78, 5) is 28.8. The average Bonchev–Trinajstić information content (AvgIpc) is 3.16.